The summed E-state index contributed by atoms with van der Waals surface area (Å²) in [7, 11) is -1.10. The molecule has 0 spiro atoms. The van der Waals surface area contributed by atoms with Gasteiger partial charge in [-0.3, -0.25) is 9.89 Å². The first-order chi connectivity index (χ1) is 12.0. The predicted molar refractivity (Wildman–Crippen MR) is 106 cm³/mol. The molecule has 6 nitrogen and oxygen atoms in total. The summed E-state index contributed by atoms with van der Waals surface area (Å²) in [6.07, 6.45) is 7.13. The number of sulfone groups is 1. The van der Waals surface area contributed by atoms with E-state index < -0.39 is 9.84 Å². The molecule has 25 heavy (non-hydrogen) atoms. The van der Waals surface area contributed by atoms with Crippen LogP contribution in [-0.4, -0.2) is 80.6 Å². The first-order valence-electron chi connectivity index (χ1n) is 9.53. The largest absolute Gasteiger partial charge is 0.355 e. The van der Waals surface area contributed by atoms with Gasteiger partial charge in [-0.2, -0.15) is 11.8 Å². The molecule has 3 aliphatic rings. The number of aliphatic imine (C=N–C) groups is 1. The molecule has 3 rings (SSSR count). The van der Waals surface area contributed by atoms with E-state index in [1.54, 1.807) is 7.05 Å². The average Bonchev–Trinajstić information content (AvgIpc) is 2.98. The molecule has 2 N–H and O–H groups in total. The number of nitrogens with one attached hydrogen (secondary N) is 2. The third-order valence-corrected chi connectivity index (χ3v) is 8.56. The van der Waals surface area contributed by atoms with E-state index >= 15 is 0 Å². The van der Waals surface area contributed by atoms with Gasteiger partial charge >= 0.3 is 0 Å². The number of guanidine groups is 1. The Morgan fingerprint density at radius 1 is 1.24 bits per heavy atom. The van der Waals surface area contributed by atoms with Crippen molar-refractivity contribution in [1.82, 2.24) is 15.5 Å². The highest BCUT2D eigenvalue weighted by Gasteiger charge is 2.38. The quantitative estimate of drug-likeness (QED) is 0.555. The monoisotopic (exact) mass is 388 g/mol. The summed E-state index contributed by atoms with van der Waals surface area (Å²) < 4.78 is 23.3. The first-order valence-corrected chi connectivity index (χ1v) is 12.5. The number of rotatable bonds is 4. The number of hydrogen-bond donors (Lipinski definition) is 2. The zero-order chi connectivity index (χ0) is 17.8. The van der Waals surface area contributed by atoms with Crippen LogP contribution in [0.5, 0.6) is 0 Å². The minimum absolute atomic E-state index is 0.00936. The van der Waals surface area contributed by atoms with Crippen molar-refractivity contribution in [2.24, 2.45) is 4.99 Å². The molecule has 3 fully saturated rings. The second kappa shape index (κ2) is 8.48. The Labute approximate surface area is 156 Å². The molecule has 1 aliphatic carbocycles. The lowest BCUT2D eigenvalue weighted by atomic mass is 9.80. The van der Waals surface area contributed by atoms with Crippen molar-refractivity contribution in [2.75, 3.05) is 49.7 Å². The molecule has 0 radical (unpaired) electrons. The lowest BCUT2D eigenvalue weighted by Gasteiger charge is -2.48. The molecule has 0 aromatic heterocycles. The fourth-order valence-electron chi connectivity index (χ4n) is 4.40. The number of nitrogens with zero attached hydrogens (tertiary/aromatic N) is 2. The highest BCUT2D eigenvalue weighted by Crippen LogP contribution is 2.34. The van der Waals surface area contributed by atoms with Gasteiger partial charge in [-0.1, -0.05) is 19.3 Å². The molecule has 1 unspecified atom stereocenters. The van der Waals surface area contributed by atoms with Gasteiger partial charge in [0.1, 0.15) is 0 Å². The third-order valence-electron chi connectivity index (χ3n) is 5.85. The highest BCUT2D eigenvalue weighted by molar-refractivity contribution is 7.99. The van der Waals surface area contributed by atoms with Crippen LogP contribution in [0.2, 0.25) is 0 Å². The lowest BCUT2D eigenvalue weighted by Crippen LogP contribution is -2.60. The van der Waals surface area contributed by atoms with Gasteiger partial charge in [-0.25, -0.2) is 8.42 Å². The van der Waals surface area contributed by atoms with E-state index in [0.717, 1.165) is 12.5 Å². The van der Waals surface area contributed by atoms with Crippen molar-refractivity contribution < 1.29 is 8.42 Å². The van der Waals surface area contributed by atoms with Crippen molar-refractivity contribution in [3.05, 3.63) is 0 Å². The van der Waals surface area contributed by atoms with Crippen LogP contribution in [0, 0.1) is 0 Å². The number of thioether (sulfide) groups is 1. The summed E-state index contributed by atoms with van der Waals surface area (Å²) >= 11 is 2.06. The van der Waals surface area contributed by atoms with Crippen LogP contribution in [0.1, 0.15) is 38.5 Å². The van der Waals surface area contributed by atoms with Crippen molar-refractivity contribution in [3.8, 4) is 0 Å². The Bertz CT molecular complexity index is 567. The summed E-state index contributed by atoms with van der Waals surface area (Å²) in [5.41, 5.74) is 0.235. The third kappa shape index (κ3) is 5.04. The maximum Gasteiger partial charge on any atom is 0.191 e. The SMILES string of the molecule is CN=C(NCC1(N2CCSCC2)CCCCC1)NC1CCS(=O)(=O)C1. The Hall–Kier alpha value is -0.470. The topological polar surface area (TPSA) is 73.8 Å². The van der Waals surface area contributed by atoms with Gasteiger partial charge < -0.3 is 10.6 Å². The summed E-state index contributed by atoms with van der Waals surface area (Å²) in [6, 6.07) is -0.00936. The molecule has 0 bridgehead atoms. The second-order valence-corrected chi connectivity index (χ2v) is 11.0. The van der Waals surface area contributed by atoms with E-state index in [9.17, 15) is 8.42 Å². The Morgan fingerprint density at radius 3 is 2.56 bits per heavy atom. The van der Waals surface area contributed by atoms with Gasteiger partial charge in [0.15, 0.2) is 15.8 Å². The summed E-state index contributed by atoms with van der Waals surface area (Å²) in [6.45, 7) is 3.26. The predicted octanol–water partition coefficient (Wildman–Crippen LogP) is 1.09. The Morgan fingerprint density at radius 2 is 1.96 bits per heavy atom. The molecule has 1 atom stereocenters. The van der Waals surface area contributed by atoms with Crippen LogP contribution < -0.4 is 10.6 Å². The van der Waals surface area contributed by atoms with Gasteiger partial charge in [-0.15, -0.1) is 0 Å². The molecule has 0 aromatic rings. The summed E-state index contributed by atoms with van der Waals surface area (Å²) in [4.78, 5) is 7.03. The molecule has 1 saturated carbocycles. The van der Waals surface area contributed by atoms with Crippen molar-refractivity contribution in [2.45, 2.75) is 50.1 Å². The highest BCUT2D eigenvalue weighted by atomic mass is 32.2. The van der Waals surface area contributed by atoms with Gasteiger partial charge in [0.05, 0.1) is 11.5 Å². The van der Waals surface area contributed by atoms with Gasteiger partial charge in [0.25, 0.3) is 0 Å². The minimum atomic E-state index is -2.87. The normalized spacial score (nSPS) is 30.1. The van der Waals surface area contributed by atoms with Crippen LogP contribution in [0.25, 0.3) is 0 Å². The molecule has 0 aromatic carbocycles. The lowest BCUT2D eigenvalue weighted by molar-refractivity contribution is 0.0625. The van der Waals surface area contributed by atoms with Gasteiger partial charge in [-0.05, 0) is 19.3 Å². The van der Waals surface area contributed by atoms with Crippen LogP contribution >= 0.6 is 11.8 Å². The van der Waals surface area contributed by atoms with Crippen LogP contribution in [0.15, 0.2) is 4.99 Å². The van der Waals surface area contributed by atoms with Crippen molar-refractivity contribution in [3.63, 3.8) is 0 Å². The van der Waals surface area contributed by atoms with Crippen LogP contribution in [0.4, 0.5) is 0 Å². The maximum absolute atomic E-state index is 11.7. The smallest absolute Gasteiger partial charge is 0.191 e. The minimum Gasteiger partial charge on any atom is -0.355 e. The second-order valence-electron chi connectivity index (χ2n) is 7.55. The first kappa shape index (κ1) is 19.3. The summed E-state index contributed by atoms with van der Waals surface area (Å²) in [5, 5.41) is 6.85. The average molecular weight is 389 g/mol. The molecule has 2 saturated heterocycles. The molecular formula is C17H32N4O2S2. The number of hydrogen-bond acceptors (Lipinski definition) is 5. The van der Waals surface area contributed by atoms with Crippen LogP contribution in [0.3, 0.4) is 0 Å². The van der Waals surface area contributed by atoms with E-state index in [0.29, 0.717) is 6.42 Å². The Balaban J connectivity index is 1.59. The fraction of sp³-hybridized carbons (Fsp3) is 0.941. The van der Waals surface area contributed by atoms with Crippen molar-refractivity contribution in [1.29, 1.82) is 0 Å². The Kier molecular flexibility index (Phi) is 6.55. The molecule has 144 valence electrons. The maximum atomic E-state index is 11.7. The van der Waals surface area contributed by atoms with Gasteiger partial charge in [0, 0.05) is 49.8 Å². The molecule has 2 heterocycles. The van der Waals surface area contributed by atoms with E-state index in [-0.39, 0.29) is 23.1 Å². The van der Waals surface area contributed by atoms with Gasteiger partial charge in [0.2, 0.25) is 0 Å². The zero-order valence-electron chi connectivity index (χ0n) is 15.3. The standard InChI is InChI=1S/C17H32N4O2S2/c1-18-16(20-15-5-12-25(22,23)13-15)19-14-17(6-3-2-4-7-17)21-8-10-24-11-9-21/h15H,2-14H2,1H3,(H2,18,19,20). The zero-order valence-corrected chi connectivity index (χ0v) is 16.9. The molecule has 0 amide bonds. The van der Waals surface area contributed by atoms with E-state index in [1.807, 2.05) is 0 Å². The summed E-state index contributed by atoms with van der Waals surface area (Å²) in [5.74, 6) is 3.72. The fourth-order valence-corrected chi connectivity index (χ4v) is 6.97. The molecule has 8 heteroatoms. The molecule has 2 aliphatic heterocycles. The van der Waals surface area contributed by atoms with Crippen LogP contribution in [-0.2, 0) is 9.84 Å². The van der Waals surface area contributed by atoms with E-state index in [4.69, 9.17) is 0 Å². The van der Waals surface area contributed by atoms with E-state index in [1.165, 1.54) is 56.7 Å². The van der Waals surface area contributed by atoms with Crippen molar-refractivity contribution >= 4 is 27.6 Å². The van der Waals surface area contributed by atoms with E-state index in [2.05, 4.69) is 32.3 Å². The molecular weight excluding hydrogens is 356 g/mol.